The van der Waals surface area contributed by atoms with Gasteiger partial charge < -0.3 is 4.74 Å². The fourth-order valence-corrected chi connectivity index (χ4v) is 5.49. The smallest absolute Gasteiger partial charge is 0.162 e. The molecule has 5 heteroatoms. The minimum Gasteiger partial charge on any atom is -0.492 e. The number of rotatable bonds is 8. The summed E-state index contributed by atoms with van der Waals surface area (Å²) in [5, 5.41) is 0.786. The highest BCUT2D eigenvalue weighted by atomic mass is 35.5. The lowest BCUT2D eigenvalue weighted by Crippen LogP contribution is -2.33. The first kappa shape index (κ1) is 25.0. The Kier molecular flexibility index (Phi) is 8.37. The number of fused-ring (bicyclic) bond motifs is 1. The molecule has 2 heterocycles. The van der Waals surface area contributed by atoms with Crippen molar-refractivity contribution in [2.75, 3.05) is 26.2 Å². The quantitative estimate of drug-likeness (QED) is 0.324. The molecule has 0 spiro atoms. The monoisotopic (exact) mass is 502 g/mol. The summed E-state index contributed by atoms with van der Waals surface area (Å²) in [5.74, 6) is 1.79. The third-order valence-electron chi connectivity index (χ3n) is 7.50. The van der Waals surface area contributed by atoms with Crippen LogP contribution in [0.1, 0.15) is 52.7 Å². The molecule has 0 aliphatic carbocycles. The summed E-state index contributed by atoms with van der Waals surface area (Å²) in [6.07, 6.45) is 3.91. The fourth-order valence-electron chi connectivity index (χ4n) is 5.36. The van der Waals surface area contributed by atoms with Crippen molar-refractivity contribution >= 4 is 17.4 Å². The number of hydrogen-bond acceptors (Lipinski definition) is 4. The Bertz CT molecular complexity index is 1140. The maximum atomic E-state index is 13.1. The second kappa shape index (κ2) is 12.1. The number of halogens is 1. The lowest BCUT2D eigenvalue weighted by Gasteiger charge is -2.32. The molecule has 0 amide bonds. The summed E-state index contributed by atoms with van der Waals surface area (Å²) < 4.78 is 6.00. The van der Waals surface area contributed by atoms with Crippen molar-refractivity contribution in [3.05, 3.63) is 100 Å². The Hall–Kier alpha value is -2.66. The van der Waals surface area contributed by atoms with Gasteiger partial charge in [0.2, 0.25) is 0 Å². The Balaban J connectivity index is 1.11. The molecular formula is C31H35ClN2O2. The van der Waals surface area contributed by atoms with Crippen molar-refractivity contribution in [3.63, 3.8) is 0 Å². The van der Waals surface area contributed by atoms with Crippen LogP contribution >= 0.6 is 11.6 Å². The van der Waals surface area contributed by atoms with E-state index >= 15 is 0 Å². The highest BCUT2D eigenvalue weighted by Gasteiger charge is 2.22. The van der Waals surface area contributed by atoms with E-state index in [1.54, 1.807) is 0 Å². The van der Waals surface area contributed by atoms with Gasteiger partial charge in [-0.25, -0.2) is 0 Å². The second-order valence-corrected chi connectivity index (χ2v) is 10.6. The minimum absolute atomic E-state index is 0.250. The number of Topliss-reactive ketones (excluding diaryl/α,β-unsaturated/α-hetero) is 1. The van der Waals surface area contributed by atoms with Gasteiger partial charge in [0.25, 0.3) is 0 Å². The number of likely N-dealkylation sites (tertiary alicyclic amines) is 1. The number of nitrogens with zero attached hydrogens (tertiary/aromatic N) is 2. The van der Waals surface area contributed by atoms with Crippen molar-refractivity contribution in [1.82, 2.24) is 9.80 Å². The SMILES string of the molecule is O=C(CCC1CCN(Cc2ccc(Cl)cc2)CC1)c1ccc2c(c1)CN(Cc1ccccc1)CCO2. The second-order valence-electron chi connectivity index (χ2n) is 10.2. The maximum absolute atomic E-state index is 13.1. The third-order valence-corrected chi connectivity index (χ3v) is 7.75. The summed E-state index contributed by atoms with van der Waals surface area (Å²) in [5.41, 5.74) is 4.54. The van der Waals surface area contributed by atoms with Crippen molar-refractivity contribution in [2.24, 2.45) is 5.92 Å². The number of ketones is 1. The Morgan fingerprint density at radius 2 is 1.58 bits per heavy atom. The summed E-state index contributed by atoms with van der Waals surface area (Å²) in [6, 6.07) is 24.7. The summed E-state index contributed by atoms with van der Waals surface area (Å²) >= 11 is 6.01. The fraction of sp³-hybridized carbons (Fsp3) is 0.387. The van der Waals surface area contributed by atoms with Gasteiger partial charge in [-0.1, -0.05) is 54.1 Å². The van der Waals surface area contributed by atoms with Crippen molar-refractivity contribution in [2.45, 2.75) is 45.3 Å². The van der Waals surface area contributed by atoms with Crippen molar-refractivity contribution in [3.8, 4) is 5.75 Å². The van der Waals surface area contributed by atoms with Crippen LogP contribution in [0.3, 0.4) is 0 Å². The van der Waals surface area contributed by atoms with Crippen LogP contribution in [0, 0.1) is 5.92 Å². The van der Waals surface area contributed by atoms with Gasteiger partial charge >= 0.3 is 0 Å². The van der Waals surface area contributed by atoms with E-state index in [1.807, 2.05) is 30.3 Å². The van der Waals surface area contributed by atoms with Gasteiger partial charge in [-0.2, -0.15) is 0 Å². The zero-order valence-electron chi connectivity index (χ0n) is 20.9. The molecule has 1 fully saturated rings. The first-order chi connectivity index (χ1) is 17.6. The molecule has 3 aromatic rings. The molecule has 0 N–H and O–H groups in total. The highest BCUT2D eigenvalue weighted by molar-refractivity contribution is 6.30. The van der Waals surface area contributed by atoms with Crippen LogP contribution in [-0.2, 0) is 19.6 Å². The van der Waals surface area contributed by atoms with E-state index in [1.165, 1.54) is 11.1 Å². The highest BCUT2D eigenvalue weighted by Crippen LogP contribution is 2.28. The van der Waals surface area contributed by atoms with E-state index < -0.39 is 0 Å². The van der Waals surface area contributed by atoms with E-state index in [9.17, 15) is 4.79 Å². The largest absolute Gasteiger partial charge is 0.492 e. The summed E-state index contributed by atoms with van der Waals surface area (Å²) in [4.78, 5) is 18.0. The Morgan fingerprint density at radius 1 is 0.861 bits per heavy atom. The third kappa shape index (κ3) is 6.76. The maximum Gasteiger partial charge on any atom is 0.162 e. The molecule has 0 radical (unpaired) electrons. The molecule has 0 aromatic heterocycles. The number of carbonyl (C=O) groups is 1. The van der Waals surface area contributed by atoms with Crippen LogP contribution in [-0.4, -0.2) is 41.8 Å². The molecule has 4 nitrogen and oxygen atoms in total. The van der Waals surface area contributed by atoms with Crippen LogP contribution in [0.15, 0.2) is 72.8 Å². The van der Waals surface area contributed by atoms with E-state index in [2.05, 4.69) is 52.3 Å². The number of hydrogen-bond donors (Lipinski definition) is 0. The van der Waals surface area contributed by atoms with Crippen LogP contribution in [0.4, 0.5) is 0 Å². The van der Waals surface area contributed by atoms with Gasteiger partial charge in [-0.3, -0.25) is 14.6 Å². The van der Waals surface area contributed by atoms with Crippen molar-refractivity contribution < 1.29 is 9.53 Å². The molecule has 2 aliphatic rings. The van der Waals surface area contributed by atoms with Crippen LogP contribution < -0.4 is 4.74 Å². The van der Waals surface area contributed by atoms with Gasteiger partial charge in [-0.15, -0.1) is 0 Å². The zero-order valence-corrected chi connectivity index (χ0v) is 21.6. The number of carbonyl (C=O) groups excluding carboxylic acids is 1. The summed E-state index contributed by atoms with van der Waals surface area (Å²) in [7, 11) is 0. The molecule has 0 saturated carbocycles. The minimum atomic E-state index is 0.250. The molecule has 5 rings (SSSR count). The average molecular weight is 503 g/mol. The molecule has 0 unspecified atom stereocenters. The Morgan fingerprint density at radius 3 is 2.36 bits per heavy atom. The molecule has 3 aromatic carbocycles. The molecule has 0 bridgehead atoms. The average Bonchev–Trinajstić information content (AvgIpc) is 3.11. The van der Waals surface area contributed by atoms with Gasteiger partial charge in [0.05, 0.1) is 0 Å². The molecule has 188 valence electrons. The number of benzene rings is 3. The standard InChI is InChI=1S/C31H35ClN2O2/c32-29-10-6-26(7-11-29)21-33-16-14-24(15-17-33)8-12-30(35)27-9-13-31-28(20-27)23-34(18-19-36-31)22-25-4-2-1-3-5-25/h1-7,9-11,13,20,24H,8,12,14-19,21-23H2. The van der Waals surface area contributed by atoms with Gasteiger partial charge in [0.1, 0.15) is 12.4 Å². The normalized spacial score (nSPS) is 17.2. The predicted molar refractivity (Wildman–Crippen MR) is 146 cm³/mol. The zero-order chi connectivity index (χ0) is 24.7. The Labute approximate surface area is 219 Å². The molecule has 0 atom stereocenters. The molecule has 36 heavy (non-hydrogen) atoms. The van der Waals surface area contributed by atoms with E-state index in [-0.39, 0.29) is 5.78 Å². The van der Waals surface area contributed by atoms with E-state index in [0.29, 0.717) is 18.9 Å². The van der Waals surface area contributed by atoms with Crippen LogP contribution in [0.5, 0.6) is 5.75 Å². The van der Waals surface area contributed by atoms with Gasteiger partial charge in [0.15, 0.2) is 5.78 Å². The summed E-state index contributed by atoms with van der Waals surface area (Å²) in [6.45, 7) is 6.40. The van der Waals surface area contributed by atoms with Crippen LogP contribution in [0.25, 0.3) is 0 Å². The van der Waals surface area contributed by atoms with Gasteiger partial charge in [0, 0.05) is 48.7 Å². The lowest BCUT2D eigenvalue weighted by molar-refractivity contribution is 0.0961. The molecular weight excluding hydrogens is 468 g/mol. The van der Waals surface area contributed by atoms with Gasteiger partial charge in [-0.05, 0) is 79.7 Å². The topological polar surface area (TPSA) is 32.8 Å². The molecule has 1 saturated heterocycles. The van der Waals surface area contributed by atoms with Crippen LogP contribution in [0.2, 0.25) is 5.02 Å². The van der Waals surface area contributed by atoms with E-state index in [0.717, 1.165) is 80.4 Å². The number of piperidine rings is 1. The lowest BCUT2D eigenvalue weighted by atomic mass is 9.90. The first-order valence-corrected chi connectivity index (χ1v) is 13.5. The molecule has 2 aliphatic heterocycles. The number of ether oxygens (including phenoxy) is 1. The van der Waals surface area contributed by atoms with Crippen molar-refractivity contribution in [1.29, 1.82) is 0 Å². The van der Waals surface area contributed by atoms with E-state index in [4.69, 9.17) is 16.3 Å². The first-order valence-electron chi connectivity index (χ1n) is 13.1. The predicted octanol–water partition coefficient (Wildman–Crippen LogP) is 6.61.